The van der Waals surface area contributed by atoms with E-state index in [-0.39, 0.29) is 6.10 Å². The minimum atomic E-state index is 0.0596. The third kappa shape index (κ3) is 4.11. The zero-order chi connectivity index (χ0) is 12.8. The van der Waals surface area contributed by atoms with E-state index in [0.717, 1.165) is 12.4 Å². The van der Waals surface area contributed by atoms with Gasteiger partial charge in [0.25, 0.3) is 0 Å². The van der Waals surface area contributed by atoms with Crippen molar-refractivity contribution in [2.75, 3.05) is 37.9 Å². The summed E-state index contributed by atoms with van der Waals surface area (Å²) >= 11 is 0. The average Bonchev–Trinajstić information content (AvgIpc) is 2.28. The molecule has 0 unspecified atom stereocenters. The standard InChI is InChI=1S/C12H21N3O2/c1-9(2)17-12-10(13)5-6-11(14-12)15(3)7-8-16-4/h5-6,9H,7-8,13H2,1-4H3. The van der Waals surface area contributed by atoms with Gasteiger partial charge in [-0.2, -0.15) is 4.98 Å². The van der Waals surface area contributed by atoms with Gasteiger partial charge in [-0.3, -0.25) is 0 Å². The van der Waals surface area contributed by atoms with E-state index in [2.05, 4.69) is 4.98 Å². The van der Waals surface area contributed by atoms with Crippen LogP contribution in [0.4, 0.5) is 11.5 Å². The molecule has 0 spiro atoms. The van der Waals surface area contributed by atoms with Crippen molar-refractivity contribution < 1.29 is 9.47 Å². The summed E-state index contributed by atoms with van der Waals surface area (Å²) in [5.74, 6) is 1.31. The third-order valence-electron chi connectivity index (χ3n) is 2.24. The molecule has 0 aromatic carbocycles. The Balaban J connectivity index is 2.80. The average molecular weight is 239 g/mol. The van der Waals surface area contributed by atoms with Crippen LogP contribution in [0.3, 0.4) is 0 Å². The van der Waals surface area contributed by atoms with Crippen LogP contribution in [0.5, 0.6) is 5.88 Å². The van der Waals surface area contributed by atoms with E-state index in [4.69, 9.17) is 15.2 Å². The maximum absolute atomic E-state index is 5.81. The van der Waals surface area contributed by atoms with Crippen molar-refractivity contribution in [1.82, 2.24) is 4.98 Å². The largest absolute Gasteiger partial charge is 0.473 e. The molecule has 1 rings (SSSR count). The molecule has 0 saturated carbocycles. The molecular weight excluding hydrogens is 218 g/mol. The molecule has 0 aliphatic rings. The predicted octanol–water partition coefficient (Wildman–Crippen LogP) is 1.53. The van der Waals surface area contributed by atoms with Gasteiger partial charge in [0, 0.05) is 20.7 Å². The second-order valence-corrected chi connectivity index (χ2v) is 4.14. The Hall–Kier alpha value is -1.49. The van der Waals surface area contributed by atoms with Gasteiger partial charge in [0.15, 0.2) is 0 Å². The first-order valence-electron chi connectivity index (χ1n) is 5.68. The molecule has 0 saturated heterocycles. The van der Waals surface area contributed by atoms with Crippen LogP contribution in [0.15, 0.2) is 12.1 Å². The molecule has 0 bridgehead atoms. The normalized spacial score (nSPS) is 10.6. The molecule has 0 aliphatic heterocycles. The van der Waals surface area contributed by atoms with Gasteiger partial charge in [0.05, 0.1) is 18.4 Å². The number of hydrogen-bond acceptors (Lipinski definition) is 5. The molecule has 5 nitrogen and oxygen atoms in total. The summed E-state index contributed by atoms with van der Waals surface area (Å²) in [5, 5.41) is 0. The Morgan fingerprint density at radius 2 is 2.12 bits per heavy atom. The molecule has 1 aromatic rings. The summed E-state index contributed by atoms with van der Waals surface area (Å²) in [6, 6.07) is 3.68. The van der Waals surface area contributed by atoms with E-state index in [9.17, 15) is 0 Å². The number of rotatable bonds is 6. The van der Waals surface area contributed by atoms with E-state index in [0.29, 0.717) is 18.2 Å². The number of aromatic nitrogens is 1. The van der Waals surface area contributed by atoms with Crippen molar-refractivity contribution in [1.29, 1.82) is 0 Å². The maximum Gasteiger partial charge on any atom is 0.239 e. The summed E-state index contributed by atoms with van der Waals surface area (Å²) in [6.45, 7) is 5.32. The van der Waals surface area contributed by atoms with Crippen LogP contribution < -0.4 is 15.4 Å². The summed E-state index contributed by atoms with van der Waals surface area (Å²) in [4.78, 5) is 6.38. The highest BCUT2D eigenvalue weighted by Gasteiger charge is 2.09. The number of nitrogen functional groups attached to an aromatic ring is 1. The van der Waals surface area contributed by atoms with Crippen LogP contribution in [0, 0.1) is 0 Å². The summed E-state index contributed by atoms with van der Waals surface area (Å²) in [5.41, 5.74) is 6.37. The zero-order valence-electron chi connectivity index (χ0n) is 10.9. The quantitative estimate of drug-likeness (QED) is 0.815. The molecule has 17 heavy (non-hydrogen) atoms. The van der Waals surface area contributed by atoms with Crippen LogP contribution in [-0.4, -0.2) is 38.4 Å². The van der Waals surface area contributed by atoms with Gasteiger partial charge in [-0.05, 0) is 26.0 Å². The Bertz CT molecular complexity index is 356. The summed E-state index contributed by atoms with van der Waals surface area (Å²) in [6.07, 6.45) is 0.0596. The second-order valence-electron chi connectivity index (χ2n) is 4.14. The molecule has 0 atom stereocenters. The summed E-state index contributed by atoms with van der Waals surface area (Å²) < 4.78 is 10.6. The van der Waals surface area contributed by atoms with Gasteiger partial charge in [-0.1, -0.05) is 0 Å². The van der Waals surface area contributed by atoms with Gasteiger partial charge >= 0.3 is 0 Å². The fourth-order valence-electron chi connectivity index (χ4n) is 1.31. The first-order chi connectivity index (χ1) is 8.04. The fraction of sp³-hybridized carbons (Fsp3) is 0.583. The van der Waals surface area contributed by atoms with Crippen molar-refractivity contribution in [2.45, 2.75) is 20.0 Å². The van der Waals surface area contributed by atoms with Crippen LogP contribution >= 0.6 is 0 Å². The number of nitrogens with zero attached hydrogens (tertiary/aromatic N) is 2. The topological polar surface area (TPSA) is 60.6 Å². The lowest BCUT2D eigenvalue weighted by molar-refractivity contribution is 0.206. The lowest BCUT2D eigenvalue weighted by Gasteiger charge is -2.19. The van der Waals surface area contributed by atoms with Crippen molar-refractivity contribution in [3.63, 3.8) is 0 Å². The van der Waals surface area contributed by atoms with E-state index in [1.807, 2.05) is 37.9 Å². The smallest absolute Gasteiger partial charge is 0.239 e. The molecule has 0 amide bonds. The van der Waals surface area contributed by atoms with Crippen molar-refractivity contribution >= 4 is 11.5 Å². The van der Waals surface area contributed by atoms with Gasteiger partial charge in [0.2, 0.25) is 5.88 Å². The second kappa shape index (κ2) is 6.30. The lowest BCUT2D eigenvalue weighted by atomic mass is 10.3. The number of hydrogen-bond donors (Lipinski definition) is 1. The number of methoxy groups -OCH3 is 1. The predicted molar refractivity (Wildman–Crippen MR) is 69.6 cm³/mol. The van der Waals surface area contributed by atoms with Crippen LogP contribution in [0.2, 0.25) is 0 Å². The van der Waals surface area contributed by atoms with Crippen LogP contribution in [0.1, 0.15) is 13.8 Å². The Kier molecular flexibility index (Phi) is 5.03. The van der Waals surface area contributed by atoms with Crippen molar-refractivity contribution in [2.24, 2.45) is 0 Å². The number of anilines is 2. The van der Waals surface area contributed by atoms with E-state index < -0.39 is 0 Å². The number of likely N-dealkylation sites (N-methyl/N-ethyl adjacent to an activating group) is 1. The highest BCUT2D eigenvalue weighted by atomic mass is 16.5. The summed E-state index contributed by atoms with van der Waals surface area (Å²) in [7, 11) is 3.63. The molecule has 2 N–H and O–H groups in total. The molecule has 0 fully saturated rings. The highest BCUT2D eigenvalue weighted by molar-refractivity contribution is 5.54. The Morgan fingerprint density at radius 3 is 2.71 bits per heavy atom. The molecule has 0 aliphatic carbocycles. The Morgan fingerprint density at radius 1 is 1.41 bits per heavy atom. The van der Waals surface area contributed by atoms with Gasteiger partial charge < -0.3 is 20.1 Å². The first kappa shape index (κ1) is 13.6. The first-order valence-corrected chi connectivity index (χ1v) is 5.68. The Labute approximate surface area is 103 Å². The van der Waals surface area contributed by atoms with E-state index >= 15 is 0 Å². The molecule has 0 radical (unpaired) electrons. The van der Waals surface area contributed by atoms with Crippen LogP contribution in [-0.2, 0) is 4.74 Å². The van der Waals surface area contributed by atoms with Gasteiger partial charge in [-0.15, -0.1) is 0 Å². The lowest BCUT2D eigenvalue weighted by Crippen LogP contribution is -2.23. The number of ether oxygens (including phenoxy) is 2. The molecule has 96 valence electrons. The van der Waals surface area contributed by atoms with Crippen molar-refractivity contribution in [3.8, 4) is 5.88 Å². The third-order valence-corrected chi connectivity index (χ3v) is 2.24. The SMILES string of the molecule is COCCN(C)c1ccc(N)c(OC(C)C)n1. The van der Waals surface area contributed by atoms with Crippen molar-refractivity contribution in [3.05, 3.63) is 12.1 Å². The molecular formula is C12H21N3O2. The van der Waals surface area contributed by atoms with Gasteiger partial charge in [-0.25, -0.2) is 0 Å². The monoisotopic (exact) mass is 239 g/mol. The molecule has 1 heterocycles. The maximum atomic E-state index is 5.81. The highest BCUT2D eigenvalue weighted by Crippen LogP contribution is 2.23. The fourth-order valence-corrected chi connectivity index (χ4v) is 1.31. The zero-order valence-corrected chi connectivity index (χ0v) is 10.9. The van der Waals surface area contributed by atoms with Crippen LogP contribution in [0.25, 0.3) is 0 Å². The minimum Gasteiger partial charge on any atom is -0.473 e. The van der Waals surface area contributed by atoms with E-state index in [1.165, 1.54) is 0 Å². The number of pyridine rings is 1. The minimum absolute atomic E-state index is 0.0596. The molecule has 5 heteroatoms. The molecule has 1 aromatic heterocycles. The van der Waals surface area contributed by atoms with E-state index in [1.54, 1.807) is 7.11 Å². The van der Waals surface area contributed by atoms with Gasteiger partial charge in [0.1, 0.15) is 5.82 Å². The number of nitrogens with two attached hydrogens (primary N) is 1.